The van der Waals surface area contributed by atoms with Crippen LogP contribution in [-0.4, -0.2) is 18.3 Å². The maximum absolute atomic E-state index is 11.9. The van der Waals surface area contributed by atoms with Crippen LogP contribution in [0.4, 0.5) is 0 Å². The van der Waals surface area contributed by atoms with Crippen molar-refractivity contribution in [2.24, 2.45) is 5.92 Å². The quantitative estimate of drug-likeness (QED) is 0.781. The van der Waals surface area contributed by atoms with Gasteiger partial charge < -0.3 is 5.32 Å². The molecule has 1 aromatic carbocycles. The average Bonchev–Trinajstić information content (AvgIpc) is 2.36. The Kier molecular flexibility index (Phi) is 6.20. The van der Waals surface area contributed by atoms with Gasteiger partial charge in [-0.3, -0.25) is 4.79 Å². The first-order valence-electron chi connectivity index (χ1n) is 6.48. The minimum absolute atomic E-state index is 0.00766. The summed E-state index contributed by atoms with van der Waals surface area (Å²) in [6, 6.07) is 7.80. The van der Waals surface area contributed by atoms with Crippen molar-refractivity contribution in [2.45, 2.75) is 33.1 Å². The van der Waals surface area contributed by atoms with Gasteiger partial charge >= 0.3 is 0 Å². The van der Waals surface area contributed by atoms with E-state index in [9.17, 15) is 4.79 Å². The maximum Gasteiger partial charge on any atom is 0.251 e. The highest BCUT2D eigenvalue weighted by Crippen LogP contribution is 2.14. The zero-order chi connectivity index (χ0) is 13.5. The molecular weight excluding hydrogens is 246 g/mol. The smallest absolute Gasteiger partial charge is 0.251 e. The molecule has 0 aliphatic heterocycles. The van der Waals surface area contributed by atoms with Crippen LogP contribution in [0.25, 0.3) is 0 Å². The van der Waals surface area contributed by atoms with E-state index in [2.05, 4.69) is 26.1 Å². The van der Waals surface area contributed by atoms with Gasteiger partial charge in [0, 0.05) is 18.0 Å². The summed E-state index contributed by atoms with van der Waals surface area (Å²) in [6.45, 7) is 7.05. The molecule has 0 bridgehead atoms. The number of hydrogen-bond donors (Lipinski definition) is 1. The van der Waals surface area contributed by atoms with Crippen molar-refractivity contribution in [3.8, 4) is 0 Å². The normalized spacial score (nSPS) is 12.5. The Balaban J connectivity index is 2.51. The summed E-state index contributed by atoms with van der Waals surface area (Å²) in [6.07, 6.45) is 0.925. The fraction of sp³-hybridized carbons (Fsp3) is 0.533. The highest BCUT2D eigenvalue weighted by molar-refractivity contribution is 6.17. The molecule has 1 unspecified atom stereocenters. The summed E-state index contributed by atoms with van der Waals surface area (Å²) < 4.78 is 0. The zero-order valence-corrected chi connectivity index (χ0v) is 12.1. The third kappa shape index (κ3) is 4.69. The molecule has 1 N–H and O–H groups in total. The Morgan fingerprint density at radius 1 is 1.22 bits per heavy atom. The van der Waals surface area contributed by atoms with Gasteiger partial charge in [-0.1, -0.05) is 32.9 Å². The number of nitrogens with one attached hydrogen (secondary N) is 1. The molecule has 0 fully saturated rings. The number of rotatable bonds is 6. The number of hydrogen-bond acceptors (Lipinski definition) is 1. The van der Waals surface area contributed by atoms with Crippen LogP contribution < -0.4 is 5.32 Å². The Labute approximate surface area is 115 Å². The third-order valence-electron chi connectivity index (χ3n) is 3.05. The number of benzene rings is 1. The van der Waals surface area contributed by atoms with E-state index in [1.165, 1.54) is 5.56 Å². The minimum atomic E-state index is -0.00766. The van der Waals surface area contributed by atoms with Gasteiger partial charge in [-0.15, -0.1) is 11.6 Å². The third-order valence-corrected chi connectivity index (χ3v) is 3.27. The van der Waals surface area contributed by atoms with E-state index in [-0.39, 0.29) is 5.91 Å². The second-order valence-corrected chi connectivity index (χ2v) is 5.45. The summed E-state index contributed by atoms with van der Waals surface area (Å²) in [5.74, 6) is 1.54. The highest BCUT2D eigenvalue weighted by atomic mass is 35.5. The van der Waals surface area contributed by atoms with E-state index in [1.807, 2.05) is 24.3 Å². The lowest BCUT2D eigenvalue weighted by Crippen LogP contribution is -2.28. The van der Waals surface area contributed by atoms with Crippen molar-refractivity contribution in [3.63, 3.8) is 0 Å². The van der Waals surface area contributed by atoms with Gasteiger partial charge in [0.15, 0.2) is 0 Å². The monoisotopic (exact) mass is 267 g/mol. The number of carbonyl (C=O) groups excluding carboxylic acids is 1. The first-order valence-corrected chi connectivity index (χ1v) is 7.02. The fourth-order valence-electron chi connectivity index (χ4n) is 1.68. The Morgan fingerprint density at radius 2 is 1.83 bits per heavy atom. The van der Waals surface area contributed by atoms with Crippen LogP contribution >= 0.6 is 11.6 Å². The molecule has 0 aromatic heterocycles. The van der Waals surface area contributed by atoms with Crippen molar-refractivity contribution >= 4 is 17.5 Å². The number of carbonyl (C=O) groups is 1. The predicted molar refractivity (Wildman–Crippen MR) is 77.4 cm³/mol. The van der Waals surface area contributed by atoms with E-state index in [1.54, 1.807) is 0 Å². The molecule has 0 saturated heterocycles. The van der Waals surface area contributed by atoms with E-state index in [4.69, 9.17) is 11.6 Å². The van der Waals surface area contributed by atoms with Crippen molar-refractivity contribution in [2.75, 3.05) is 12.4 Å². The molecule has 1 aromatic rings. The van der Waals surface area contributed by atoms with E-state index in [0.717, 1.165) is 12.0 Å². The lowest BCUT2D eigenvalue weighted by molar-refractivity contribution is 0.0948. The first-order chi connectivity index (χ1) is 8.54. The summed E-state index contributed by atoms with van der Waals surface area (Å²) in [5, 5.41) is 2.93. The lowest BCUT2D eigenvalue weighted by atomic mass is 10.0. The number of alkyl halides is 1. The molecule has 0 radical (unpaired) electrons. The van der Waals surface area contributed by atoms with Gasteiger partial charge in [-0.05, 0) is 36.0 Å². The van der Waals surface area contributed by atoms with Crippen LogP contribution in [0.3, 0.4) is 0 Å². The molecule has 0 aliphatic rings. The van der Waals surface area contributed by atoms with Crippen molar-refractivity contribution < 1.29 is 4.79 Å². The second kappa shape index (κ2) is 7.42. The molecule has 1 rings (SSSR count). The number of halogens is 1. The fourth-order valence-corrected chi connectivity index (χ4v) is 2.05. The van der Waals surface area contributed by atoms with E-state index >= 15 is 0 Å². The second-order valence-electron chi connectivity index (χ2n) is 5.07. The van der Waals surface area contributed by atoms with Gasteiger partial charge in [-0.25, -0.2) is 0 Å². The Morgan fingerprint density at radius 3 is 2.33 bits per heavy atom. The molecule has 0 aliphatic carbocycles. The minimum Gasteiger partial charge on any atom is -0.352 e. The Hall–Kier alpha value is -1.02. The van der Waals surface area contributed by atoms with Crippen LogP contribution in [0, 0.1) is 5.92 Å². The molecule has 0 spiro atoms. The van der Waals surface area contributed by atoms with Crippen molar-refractivity contribution in [3.05, 3.63) is 35.4 Å². The van der Waals surface area contributed by atoms with Crippen LogP contribution in [0.5, 0.6) is 0 Å². The van der Waals surface area contributed by atoms with Gasteiger partial charge in [0.1, 0.15) is 0 Å². The molecule has 3 heteroatoms. The molecule has 1 amide bonds. The van der Waals surface area contributed by atoms with Crippen LogP contribution in [0.2, 0.25) is 0 Å². The van der Waals surface area contributed by atoms with Gasteiger partial charge in [0.2, 0.25) is 0 Å². The highest BCUT2D eigenvalue weighted by Gasteiger charge is 2.08. The SMILES string of the molecule is CC(CCCl)CNC(=O)c1ccc(C(C)C)cc1. The average molecular weight is 268 g/mol. The number of amides is 1. The summed E-state index contributed by atoms with van der Waals surface area (Å²) >= 11 is 5.66. The maximum atomic E-state index is 11.9. The summed E-state index contributed by atoms with van der Waals surface area (Å²) in [4.78, 5) is 11.9. The molecule has 0 saturated carbocycles. The van der Waals surface area contributed by atoms with Crippen LogP contribution in [-0.2, 0) is 0 Å². The van der Waals surface area contributed by atoms with E-state index in [0.29, 0.717) is 24.3 Å². The molecule has 2 nitrogen and oxygen atoms in total. The summed E-state index contributed by atoms with van der Waals surface area (Å²) in [7, 11) is 0. The molecular formula is C15H22ClNO. The first kappa shape index (κ1) is 15.0. The van der Waals surface area contributed by atoms with Crippen LogP contribution in [0.15, 0.2) is 24.3 Å². The molecule has 100 valence electrons. The summed E-state index contributed by atoms with van der Waals surface area (Å²) in [5.41, 5.74) is 1.97. The van der Waals surface area contributed by atoms with Gasteiger partial charge in [0.05, 0.1) is 0 Å². The van der Waals surface area contributed by atoms with Gasteiger partial charge in [0.25, 0.3) is 5.91 Å². The topological polar surface area (TPSA) is 29.1 Å². The van der Waals surface area contributed by atoms with Crippen molar-refractivity contribution in [1.82, 2.24) is 5.32 Å². The predicted octanol–water partition coefficient (Wildman–Crippen LogP) is 3.80. The molecule has 0 heterocycles. The van der Waals surface area contributed by atoms with Gasteiger partial charge in [-0.2, -0.15) is 0 Å². The van der Waals surface area contributed by atoms with Crippen LogP contribution in [0.1, 0.15) is 49.0 Å². The molecule has 1 atom stereocenters. The standard InChI is InChI=1S/C15H22ClNO/c1-11(2)13-4-6-14(7-5-13)15(18)17-10-12(3)8-9-16/h4-7,11-12H,8-10H2,1-3H3,(H,17,18). The largest absolute Gasteiger partial charge is 0.352 e. The lowest BCUT2D eigenvalue weighted by Gasteiger charge is -2.11. The Bertz CT molecular complexity index is 373. The van der Waals surface area contributed by atoms with Crippen molar-refractivity contribution in [1.29, 1.82) is 0 Å². The van der Waals surface area contributed by atoms with E-state index < -0.39 is 0 Å². The molecule has 18 heavy (non-hydrogen) atoms. The zero-order valence-electron chi connectivity index (χ0n) is 11.4.